The minimum Gasteiger partial charge on any atom is -0.444 e. The number of anilines is 1. The lowest BCUT2D eigenvalue weighted by Gasteiger charge is -2.46. The summed E-state index contributed by atoms with van der Waals surface area (Å²) in [6.07, 6.45) is -4.84. The molecule has 1 fully saturated rings. The summed E-state index contributed by atoms with van der Waals surface area (Å²) in [5.74, 6) is -4.48. The molecule has 3 rings (SSSR count). The Hall–Kier alpha value is -2.99. The van der Waals surface area contributed by atoms with Crippen LogP contribution in [0.1, 0.15) is 39.2 Å². The number of alkyl carbamates (subject to hydrolysis) is 1. The molecule has 0 saturated carbocycles. The van der Waals surface area contributed by atoms with Crippen LogP contribution >= 0.6 is 0 Å². The molecule has 2 unspecified atom stereocenters. The number of nitrogens with one attached hydrogen (secondary N) is 1. The number of benzene rings is 1. The Morgan fingerprint density at radius 1 is 1.25 bits per heavy atom. The number of alkyl halides is 2. The first-order valence-electron chi connectivity index (χ1n) is 11.2. The maximum Gasteiger partial charge on any atom is 0.408 e. The number of hydrogen-bond donors (Lipinski definition) is 3. The molecule has 1 aromatic heterocycles. The lowest BCUT2D eigenvalue weighted by atomic mass is 9.83. The van der Waals surface area contributed by atoms with Crippen molar-refractivity contribution in [2.24, 2.45) is 0 Å². The fourth-order valence-electron chi connectivity index (χ4n) is 4.23. The first kappa shape index (κ1) is 27.6. The van der Waals surface area contributed by atoms with E-state index in [1.807, 2.05) is 0 Å². The Morgan fingerprint density at radius 2 is 1.94 bits per heavy atom. The fourth-order valence-corrected chi connectivity index (χ4v) is 4.23. The van der Waals surface area contributed by atoms with Gasteiger partial charge in [0, 0.05) is 24.2 Å². The smallest absolute Gasteiger partial charge is 0.408 e. The third-order valence-electron chi connectivity index (χ3n) is 5.87. The summed E-state index contributed by atoms with van der Waals surface area (Å²) in [6.45, 7) is 4.27. The summed E-state index contributed by atoms with van der Waals surface area (Å²) in [5.41, 5.74) is -2.63. The van der Waals surface area contributed by atoms with Gasteiger partial charge in [0.2, 0.25) is 0 Å². The SMILES string of the molecule is CC(C)(C)OC(=O)NC1(C(O)C(F)F)CCCN(c2cnc(-c3ccc(F)c(F)c3F)cc2CO)C1. The number of halogens is 5. The van der Waals surface area contributed by atoms with Crippen LogP contribution in [0.3, 0.4) is 0 Å². The summed E-state index contributed by atoms with van der Waals surface area (Å²) in [4.78, 5) is 18.1. The predicted octanol–water partition coefficient (Wildman–Crippen LogP) is 4.15. The van der Waals surface area contributed by atoms with E-state index in [4.69, 9.17) is 4.74 Å². The van der Waals surface area contributed by atoms with E-state index >= 15 is 0 Å². The number of piperidine rings is 1. The number of aliphatic hydroxyl groups excluding tert-OH is 2. The van der Waals surface area contributed by atoms with Crippen molar-refractivity contribution >= 4 is 11.8 Å². The lowest BCUT2D eigenvalue weighted by molar-refractivity contribution is -0.0664. The molecule has 198 valence electrons. The van der Waals surface area contributed by atoms with Crippen LogP contribution in [0.2, 0.25) is 0 Å². The Kier molecular flexibility index (Phi) is 8.09. The lowest BCUT2D eigenvalue weighted by Crippen LogP contribution is -2.67. The molecule has 1 aliphatic rings. The average Bonchev–Trinajstić information content (AvgIpc) is 2.80. The third kappa shape index (κ3) is 5.86. The number of pyridine rings is 1. The van der Waals surface area contributed by atoms with Gasteiger partial charge < -0.3 is 25.2 Å². The molecular formula is C24H28F5N3O4. The number of carbonyl (C=O) groups excluding carboxylic acids is 1. The largest absolute Gasteiger partial charge is 0.444 e. The first-order valence-corrected chi connectivity index (χ1v) is 11.2. The molecule has 2 heterocycles. The molecule has 7 nitrogen and oxygen atoms in total. The highest BCUT2D eigenvalue weighted by Gasteiger charge is 2.48. The van der Waals surface area contributed by atoms with Crippen molar-refractivity contribution in [2.75, 3.05) is 18.0 Å². The van der Waals surface area contributed by atoms with Crippen LogP contribution in [-0.2, 0) is 11.3 Å². The quantitative estimate of drug-likeness (QED) is 0.394. The molecule has 12 heteroatoms. The van der Waals surface area contributed by atoms with Crippen LogP contribution in [0.5, 0.6) is 0 Å². The number of aliphatic hydroxyl groups is 2. The van der Waals surface area contributed by atoms with Gasteiger partial charge in [-0.2, -0.15) is 0 Å². The molecule has 0 spiro atoms. The summed E-state index contributed by atoms with van der Waals surface area (Å²) >= 11 is 0. The molecule has 3 N–H and O–H groups in total. The van der Waals surface area contributed by atoms with Crippen molar-refractivity contribution in [1.82, 2.24) is 10.3 Å². The van der Waals surface area contributed by atoms with E-state index in [1.165, 1.54) is 12.3 Å². The monoisotopic (exact) mass is 517 g/mol. The minimum absolute atomic E-state index is 0.0221. The molecule has 0 radical (unpaired) electrons. The van der Waals surface area contributed by atoms with Crippen LogP contribution in [0.25, 0.3) is 11.3 Å². The van der Waals surface area contributed by atoms with Gasteiger partial charge in [0.05, 0.1) is 29.7 Å². The number of amides is 1. The van der Waals surface area contributed by atoms with E-state index < -0.39 is 53.8 Å². The Morgan fingerprint density at radius 3 is 2.56 bits per heavy atom. The van der Waals surface area contributed by atoms with Gasteiger partial charge in [0.25, 0.3) is 6.43 Å². The third-order valence-corrected chi connectivity index (χ3v) is 5.87. The standard InChI is InChI=1S/C24H28F5N3O4/c1-23(2,3)36-22(35)31-24(20(34)21(28)29)7-4-8-32(12-24)17-10-30-16(9-13(17)11-33)14-5-6-15(25)19(27)18(14)26/h5-6,9-10,20-21,33-34H,4,7-8,11-12H2,1-3H3,(H,31,35). The molecule has 2 atom stereocenters. The molecule has 1 amide bonds. The van der Waals surface area contributed by atoms with Crippen molar-refractivity contribution in [3.8, 4) is 11.3 Å². The normalized spacial score (nSPS) is 19.4. The van der Waals surface area contributed by atoms with Crippen LogP contribution in [-0.4, -0.2) is 58.0 Å². The summed E-state index contributed by atoms with van der Waals surface area (Å²) < 4.78 is 73.8. The zero-order valence-electron chi connectivity index (χ0n) is 20.0. The molecule has 2 aromatic rings. The van der Waals surface area contributed by atoms with Gasteiger partial charge in [-0.25, -0.2) is 26.7 Å². The van der Waals surface area contributed by atoms with Gasteiger partial charge >= 0.3 is 6.09 Å². The first-order chi connectivity index (χ1) is 16.8. The predicted molar refractivity (Wildman–Crippen MR) is 121 cm³/mol. The Labute approximate surface area is 204 Å². The van der Waals surface area contributed by atoms with Gasteiger partial charge in [-0.15, -0.1) is 0 Å². The van der Waals surface area contributed by atoms with Crippen molar-refractivity contribution in [2.45, 2.75) is 63.9 Å². The van der Waals surface area contributed by atoms with E-state index in [0.717, 1.165) is 12.1 Å². The van der Waals surface area contributed by atoms with Gasteiger partial charge in [-0.3, -0.25) is 4.98 Å². The number of carbonyl (C=O) groups is 1. The second-order valence-electron chi connectivity index (χ2n) is 9.67. The van der Waals surface area contributed by atoms with Gasteiger partial charge in [-0.1, -0.05) is 0 Å². The van der Waals surface area contributed by atoms with E-state index in [0.29, 0.717) is 6.54 Å². The second-order valence-corrected chi connectivity index (χ2v) is 9.67. The number of nitrogens with zero attached hydrogens (tertiary/aromatic N) is 2. The van der Waals surface area contributed by atoms with Gasteiger partial charge in [0.1, 0.15) is 11.7 Å². The van der Waals surface area contributed by atoms with E-state index in [-0.39, 0.29) is 41.9 Å². The number of ether oxygens (including phenoxy) is 1. The summed E-state index contributed by atoms with van der Waals surface area (Å²) in [7, 11) is 0. The molecule has 0 bridgehead atoms. The zero-order valence-corrected chi connectivity index (χ0v) is 20.0. The zero-order chi connectivity index (χ0) is 26.8. The fraction of sp³-hybridized carbons (Fsp3) is 0.500. The number of rotatable bonds is 6. The molecule has 1 saturated heterocycles. The van der Waals surface area contributed by atoms with Crippen molar-refractivity contribution in [3.05, 3.63) is 47.4 Å². The van der Waals surface area contributed by atoms with E-state index in [9.17, 15) is 37.0 Å². The minimum atomic E-state index is -3.17. The van der Waals surface area contributed by atoms with Crippen LogP contribution in [0, 0.1) is 17.5 Å². The van der Waals surface area contributed by atoms with Crippen LogP contribution < -0.4 is 10.2 Å². The van der Waals surface area contributed by atoms with Crippen molar-refractivity contribution < 1.29 is 41.7 Å². The topological polar surface area (TPSA) is 94.9 Å². The average molecular weight is 517 g/mol. The highest BCUT2D eigenvalue weighted by atomic mass is 19.3. The van der Waals surface area contributed by atoms with Crippen LogP contribution in [0.15, 0.2) is 24.4 Å². The number of hydrogen-bond acceptors (Lipinski definition) is 6. The van der Waals surface area contributed by atoms with Gasteiger partial charge in [-0.05, 0) is 51.8 Å². The van der Waals surface area contributed by atoms with E-state index in [2.05, 4.69) is 10.3 Å². The highest BCUT2D eigenvalue weighted by Crippen LogP contribution is 2.34. The maximum absolute atomic E-state index is 14.3. The highest BCUT2D eigenvalue weighted by molar-refractivity contribution is 5.70. The van der Waals surface area contributed by atoms with Crippen molar-refractivity contribution in [1.29, 1.82) is 0 Å². The maximum atomic E-state index is 14.3. The molecule has 36 heavy (non-hydrogen) atoms. The molecule has 1 aromatic carbocycles. The van der Waals surface area contributed by atoms with E-state index in [1.54, 1.807) is 25.7 Å². The van der Waals surface area contributed by atoms with Crippen molar-refractivity contribution in [3.63, 3.8) is 0 Å². The molecule has 0 aliphatic carbocycles. The van der Waals surface area contributed by atoms with Crippen LogP contribution in [0.4, 0.5) is 32.4 Å². The second kappa shape index (κ2) is 10.6. The Bertz CT molecular complexity index is 1110. The van der Waals surface area contributed by atoms with Gasteiger partial charge in [0.15, 0.2) is 17.5 Å². The number of aromatic nitrogens is 1. The summed E-state index contributed by atoms with van der Waals surface area (Å²) in [5, 5.41) is 22.8. The molecule has 1 aliphatic heterocycles. The summed E-state index contributed by atoms with van der Waals surface area (Å²) in [6, 6.07) is 3.02. The molecular weight excluding hydrogens is 489 g/mol. The Balaban J connectivity index is 1.96.